The Kier molecular flexibility index (Phi) is 6.51. The third-order valence-electron chi connectivity index (χ3n) is 4.01. The van der Waals surface area contributed by atoms with E-state index in [9.17, 15) is 4.79 Å². The van der Waals surface area contributed by atoms with Gasteiger partial charge in [0.2, 0.25) is 0 Å². The van der Waals surface area contributed by atoms with E-state index in [1.165, 1.54) is 0 Å². The van der Waals surface area contributed by atoms with Crippen molar-refractivity contribution in [3.63, 3.8) is 0 Å². The van der Waals surface area contributed by atoms with Crippen LogP contribution in [0.15, 0.2) is 11.9 Å². The Morgan fingerprint density at radius 3 is 2.95 bits per heavy atom. The fourth-order valence-electron chi connectivity index (χ4n) is 3.00. The number of hydrogen-bond acceptors (Lipinski definition) is 6. The number of carbonyl (C=O) groups excluding carboxylic acids is 1. The van der Waals surface area contributed by atoms with Crippen molar-refractivity contribution in [2.75, 3.05) is 39.3 Å². The second-order valence-electron chi connectivity index (χ2n) is 6.17. The molecule has 6 nitrogen and oxygen atoms in total. The Balaban J connectivity index is 0.00000242. The van der Waals surface area contributed by atoms with Crippen molar-refractivity contribution in [3.8, 4) is 6.07 Å². The van der Waals surface area contributed by atoms with Crippen molar-refractivity contribution in [3.05, 3.63) is 11.9 Å². The van der Waals surface area contributed by atoms with Crippen molar-refractivity contribution >= 4 is 18.4 Å². The average molecular weight is 329 g/mol. The Hall–Kier alpha value is -1.45. The third kappa shape index (κ3) is 3.84. The van der Waals surface area contributed by atoms with E-state index in [1.54, 1.807) is 6.08 Å². The lowest BCUT2D eigenvalue weighted by molar-refractivity contribution is -0.154. The third-order valence-corrected chi connectivity index (χ3v) is 4.01. The standard InChI is InChI=1S/C15H24N4O2.ClH/c1-4-21-14(20)15(2,3)11-18-10-12-9-17-7-8-19(12)13(18)5-6-16;/h5,12,17H,4,7-11H2,1-3H3;1H/b13-5-;. The van der Waals surface area contributed by atoms with Crippen LogP contribution < -0.4 is 5.32 Å². The largest absolute Gasteiger partial charge is 0.466 e. The van der Waals surface area contributed by atoms with Gasteiger partial charge >= 0.3 is 5.97 Å². The van der Waals surface area contributed by atoms with Crippen LogP contribution in [0.5, 0.6) is 0 Å². The van der Waals surface area contributed by atoms with Gasteiger partial charge in [-0.15, -0.1) is 12.4 Å². The summed E-state index contributed by atoms with van der Waals surface area (Å²) in [7, 11) is 0. The lowest BCUT2D eigenvalue weighted by atomic mass is 9.93. The van der Waals surface area contributed by atoms with Gasteiger partial charge in [-0.2, -0.15) is 5.26 Å². The van der Waals surface area contributed by atoms with E-state index in [-0.39, 0.29) is 18.4 Å². The molecule has 0 radical (unpaired) electrons. The summed E-state index contributed by atoms with van der Waals surface area (Å²) in [6.45, 7) is 10.1. The summed E-state index contributed by atoms with van der Waals surface area (Å²) >= 11 is 0. The normalized spacial score (nSPS) is 22.8. The zero-order valence-electron chi connectivity index (χ0n) is 13.5. The number of halogens is 1. The number of carbonyl (C=O) groups is 1. The molecular weight excluding hydrogens is 304 g/mol. The topological polar surface area (TPSA) is 68.6 Å². The van der Waals surface area contributed by atoms with E-state index < -0.39 is 5.41 Å². The van der Waals surface area contributed by atoms with Gasteiger partial charge in [-0.05, 0) is 20.8 Å². The highest BCUT2D eigenvalue weighted by molar-refractivity contribution is 5.85. The number of fused-ring (bicyclic) bond motifs is 1. The molecule has 0 saturated carbocycles. The van der Waals surface area contributed by atoms with Gasteiger partial charge < -0.3 is 19.9 Å². The minimum atomic E-state index is -0.591. The summed E-state index contributed by atoms with van der Waals surface area (Å²) in [6, 6.07) is 2.50. The number of piperazine rings is 1. The Morgan fingerprint density at radius 1 is 1.59 bits per heavy atom. The van der Waals surface area contributed by atoms with Gasteiger partial charge in [0.1, 0.15) is 5.82 Å². The lowest BCUT2D eigenvalue weighted by Gasteiger charge is -2.32. The number of nitrogens with one attached hydrogen (secondary N) is 1. The van der Waals surface area contributed by atoms with Crippen molar-refractivity contribution in [2.24, 2.45) is 5.41 Å². The maximum absolute atomic E-state index is 12.1. The van der Waals surface area contributed by atoms with E-state index in [4.69, 9.17) is 10.00 Å². The second kappa shape index (κ2) is 7.70. The van der Waals surface area contributed by atoms with Crippen LogP contribution >= 0.6 is 12.4 Å². The van der Waals surface area contributed by atoms with E-state index in [2.05, 4.69) is 21.2 Å². The molecule has 124 valence electrons. The molecule has 2 aliphatic rings. The SMILES string of the molecule is CCOC(=O)C(C)(C)CN1CC2CNCCN2/C1=C\C#N.Cl. The highest BCUT2D eigenvalue weighted by Crippen LogP contribution is 2.29. The fraction of sp³-hybridized carbons (Fsp3) is 0.733. The molecule has 0 aromatic carbocycles. The first-order valence-corrected chi connectivity index (χ1v) is 7.49. The fourth-order valence-corrected chi connectivity index (χ4v) is 3.00. The first-order valence-electron chi connectivity index (χ1n) is 7.49. The predicted molar refractivity (Wildman–Crippen MR) is 86.3 cm³/mol. The van der Waals surface area contributed by atoms with Gasteiger partial charge in [0.15, 0.2) is 0 Å². The minimum absolute atomic E-state index is 0. The van der Waals surface area contributed by atoms with Crippen LogP contribution in [0.3, 0.4) is 0 Å². The summed E-state index contributed by atoms with van der Waals surface area (Å²) in [4.78, 5) is 16.5. The van der Waals surface area contributed by atoms with Crippen LogP contribution in [0.2, 0.25) is 0 Å². The number of allylic oxidation sites excluding steroid dienone is 1. The molecule has 0 aromatic rings. The second-order valence-corrected chi connectivity index (χ2v) is 6.17. The number of esters is 1. The van der Waals surface area contributed by atoms with Gasteiger partial charge in [-0.3, -0.25) is 4.79 Å². The van der Waals surface area contributed by atoms with Crippen molar-refractivity contribution in [1.82, 2.24) is 15.1 Å². The predicted octanol–water partition coefficient (Wildman–Crippen LogP) is 0.952. The van der Waals surface area contributed by atoms with Gasteiger partial charge in [-0.25, -0.2) is 0 Å². The number of nitrogens with zero attached hydrogens (tertiary/aromatic N) is 3. The Labute approximate surface area is 138 Å². The van der Waals surface area contributed by atoms with Crippen LogP contribution in [-0.2, 0) is 9.53 Å². The average Bonchev–Trinajstić information content (AvgIpc) is 2.77. The molecule has 0 bridgehead atoms. The summed E-state index contributed by atoms with van der Waals surface area (Å²) in [6.07, 6.45) is 1.59. The molecule has 1 N–H and O–H groups in total. The molecule has 1 unspecified atom stereocenters. The molecule has 0 aliphatic carbocycles. The summed E-state index contributed by atoms with van der Waals surface area (Å²) in [5, 5.41) is 12.4. The molecule has 2 aliphatic heterocycles. The summed E-state index contributed by atoms with van der Waals surface area (Å²) in [5.74, 6) is 0.741. The molecular formula is C15H25ClN4O2. The van der Waals surface area contributed by atoms with Crippen LogP contribution in [-0.4, -0.2) is 61.1 Å². The number of hydrogen-bond donors (Lipinski definition) is 1. The summed E-state index contributed by atoms with van der Waals surface area (Å²) in [5.41, 5.74) is -0.591. The molecule has 0 aromatic heterocycles. The molecule has 2 fully saturated rings. The van der Waals surface area contributed by atoms with Gasteiger partial charge in [0.05, 0.1) is 30.2 Å². The molecule has 7 heteroatoms. The van der Waals surface area contributed by atoms with E-state index in [1.807, 2.05) is 20.8 Å². The van der Waals surface area contributed by atoms with Gasteiger partial charge in [0, 0.05) is 32.7 Å². The molecule has 2 saturated heterocycles. The zero-order chi connectivity index (χ0) is 15.5. The monoisotopic (exact) mass is 328 g/mol. The van der Waals surface area contributed by atoms with Crippen LogP contribution in [0, 0.1) is 16.7 Å². The maximum Gasteiger partial charge on any atom is 0.313 e. The molecule has 1 atom stereocenters. The molecule has 2 heterocycles. The number of ether oxygens (including phenoxy) is 1. The van der Waals surface area contributed by atoms with Crippen LogP contribution in [0.25, 0.3) is 0 Å². The number of rotatable bonds is 4. The summed E-state index contributed by atoms with van der Waals surface area (Å²) < 4.78 is 5.15. The van der Waals surface area contributed by atoms with Crippen molar-refractivity contribution in [1.29, 1.82) is 5.26 Å². The van der Waals surface area contributed by atoms with E-state index in [0.717, 1.165) is 32.0 Å². The quantitative estimate of drug-likeness (QED) is 0.612. The number of nitriles is 1. The maximum atomic E-state index is 12.1. The van der Waals surface area contributed by atoms with Crippen molar-refractivity contribution in [2.45, 2.75) is 26.8 Å². The zero-order valence-corrected chi connectivity index (χ0v) is 14.3. The molecule has 0 spiro atoms. The van der Waals surface area contributed by atoms with E-state index in [0.29, 0.717) is 19.2 Å². The first kappa shape index (κ1) is 18.6. The Morgan fingerprint density at radius 2 is 2.32 bits per heavy atom. The lowest BCUT2D eigenvalue weighted by Crippen LogP contribution is -2.48. The van der Waals surface area contributed by atoms with Gasteiger partial charge in [0.25, 0.3) is 0 Å². The van der Waals surface area contributed by atoms with Gasteiger partial charge in [-0.1, -0.05) is 0 Å². The Bertz CT molecular complexity index is 473. The van der Waals surface area contributed by atoms with E-state index >= 15 is 0 Å². The molecule has 22 heavy (non-hydrogen) atoms. The van der Waals surface area contributed by atoms with Crippen LogP contribution in [0.4, 0.5) is 0 Å². The highest BCUT2D eigenvalue weighted by atomic mass is 35.5. The highest BCUT2D eigenvalue weighted by Gasteiger charge is 2.40. The molecule has 0 amide bonds. The minimum Gasteiger partial charge on any atom is -0.466 e. The first-order chi connectivity index (χ1) is 9.99. The smallest absolute Gasteiger partial charge is 0.313 e. The van der Waals surface area contributed by atoms with Crippen LogP contribution in [0.1, 0.15) is 20.8 Å². The van der Waals surface area contributed by atoms with Crippen molar-refractivity contribution < 1.29 is 9.53 Å². The molecule has 2 rings (SSSR count).